The fourth-order valence-corrected chi connectivity index (χ4v) is 7.35. The second-order valence-corrected chi connectivity index (χ2v) is 13.6. The van der Waals surface area contributed by atoms with Crippen LogP contribution in [0.15, 0.2) is 205 Å². The monoisotopic (exact) mass is 703 g/mol. The largest absolute Gasteiger partial charge is 0.455 e. The van der Waals surface area contributed by atoms with Crippen LogP contribution in [0.5, 0.6) is 0 Å². The Hall–Kier alpha value is -7.43. The van der Waals surface area contributed by atoms with Crippen molar-refractivity contribution in [1.29, 1.82) is 0 Å². The van der Waals surface area contributed by atoms with Crippen molar-refractivity contribution in [3.05, 3.63) is 200 Å². The first kappa shape index (κ1) is 32.2. The summed E-state index contributed by atoms with van der Waals surface area (Å²) in [5, 5.41) is 2.14. The number of fused-ring (bicyclic) bond motifs is 3. The second-order valence-electron chi connectivity index (χ2n) is 13.6. The van der Waals surface area contributed by atoms with Gasteiger partial charge in [-0.05, 0) is 81.4 Å². The van der Waals surface area contributed by atoms with Crippen LogP contribution in [0.2, 0.25) is 0 Å². The highest BCUT2D eigenvalue weighted by molar-refractivity contribution is 6.12. The summed E-state index contributed by atoms with van der Waals surface area (Å²) in [5.41, 5.74) is 13.1. The fraction of sp³-hybridized carbons (Fsp3) is 0. The molecule has 0 saturated carbocycles. The van der Waals surface area contributed by atoms with Crippen LogP contribution in [-0.4, -0.2) is 15.0 Å². The zero-order valence-electron chi connectivity index (χ0n) is 29.8. The van der Waals surface area contributed by atoms with Crippen LogP contribution >= 0.6 is 0 Å². The third kappa shape index (κ3) is 6.26. The Labute approximate surface area is 319 Å². The average molecular weight is 704 g/mol. The van der Waals surface area contributed by atoms with E-state index in [9.17, 15) is 0 Å². The van der Waals surface area contributed by atoms with Gasteiger partial charge in [-0.2, -0.15) is 0 Å². The first-order chi connectivity index (χ1) is 27.2. The standard InChI is InChI=1S/C51H33N3O/c1-6-16-34(17-7-1)39-26-27-47-45(31-39)46-33-41(36-20-10-3-11-21-36)32-44(48(46)55-47)42-28-40(35-18-8-2-9-19-35)29-43(30-42)51-53-49(37-22-12-4-13-23-37)52-50(54-51)38-24-14-5-15-25-38/h1-33H. The van der Waals surface area contributed by atoms with Gasteiger partial charge in [-0.25, -0.2) is 15.0 Å². The van der Waals surface area contributed by atoms with E-state index >= 15 is 0 Å². The van der Waals surface area contributed by atoms with Crippen molar-refractivity contribution in [2.24, 2.45) is 0 Å². The van der Waals surface area contributed by atoms with E-state index in [0.29, 0.717) is 17.5 Å². The van der Waals surface area contributed by atoms with Gasteiger partial charge in [-0.15, -0.1) is 0 Å². The van der Waals surface area contributed by atoms with Crippen LogP contribution in [0.3, 0.4) is 0 Å². The lowest BCUT2D eigenvalue weighted by Crippen LogP contribution is -2.00. The maximum atomic E-state index is 6.82. The quantitative estimate of drug-likeness (QED) is 0.166. The average Bonchev–Trinajstić information content (AvgIpc) is 3.65. The smallest absolute Gasteiger partial charge is 0.164 e. The summed E-state index contributed by atoms with van der Waals surface area (Å²) in [7, 11) is 0. The molecule has 4 heteroatoms. The summed E-state index contributed by atoms with van der Waals surface area (Å²) >= 11 is 0. The Bertz CT molecular complexity index is 2890. The zero-order valence-corrected chi connectivity index (χ0v) is 29.8. The third-order valence-electron chi connectivity index (χ3n) is 10.1. The highest BCUT2D eigenvalue weighted by Gasteiger charge is 2.19. The zero-order chi connectivity index (χ0) is 36.6. The van der Waals surface area contributed by atoms with Gasteiger partial charge in [0.2, 0.25) is 0 Å². The van der Waals surface area contributed by atoms with Crippen LogP contribution in [0.1, 0.15) is 0 Å². The molecule has 0 aliphatic rings. The second kappa shape index (κ2) is 13.8. The van der Waals surface area contributed by atoms with E-state index in [4.69, 9.17) is 19.4 Å². The van der Waals surface area contributed by atoms with E-state index in [-0.39, 0.29) is 0 Å². The molecule has 0 atom stereocenters. The summed E-state index contributed by atoms with van der Waals surface area (Å²) in [6.07, 6.45) is 0. The van der Waals surface area contributed by atoms with Crippen LogP contribution in [0.4, 0.5) is 0 Å². The normalized spacial score (nSPS) is 11.3. The van der Waals surface area contributed by atoms with Gasteiger partial charge >= 0.3 is 0 Å². The summed E-state index contributed by atoms with van der Waals surface area (Å²) in [6.45, 7) is 0. The minimum Gasteiger partial charge on any atom is -0.455 e. The molecular weight excluding hydrogens is 671 g/mol. The van der Waals surface area contributed by atoms with Crippen molar-refractivity contribution in [1.82, 2.24) is 15.0 Å². The lowest BCUT2D eigenvalue weighted by Gasteiger charge is -2.14. The van der Waals surface area contributed by atoms with Gasteiger partial charge in [0.1, 0.15) is 11.2 Å². The van der Waals surface area contributed by atoms with E-state index < -0.39 is 0 Å². The Morgan fingerprint density at radius 1 is 0.273 bits per heavy atom. The lowest BCUT2D eigenvalue weighted by molar-refractivity contribution is 0.670. The molecule has 0 amide bonds. The van der Waals surface area contributed by atoms with Gasteiger partial charge in [0.15, 0.2) is 17.5 Å². The molecule has 10 rings (SSSR count). The van der Waals surface area contributed by atoms with E-state index in [2.05, 4.69) is 127 Å². The van der Waals surface area contributed by atoms with Crippen molar-refractivity contribution in [3.63, 3.8) is 0 Å². The molecule has 0 aliphatic heterocycles. The van der Waals surface area contributed by atoms with Gasteiger partial charge in [-0.3, -0.25) is 0 Å². The number of hydrogen-bond donors (Lipinski definition) is 0. The molecule has 0 spiro atoms. The molecular formula is C51H33N3O. The summed E-state index contributed by atoms with van der Waals surface area (Å²) in [5.74, 6) is 1.84. The molecule has 0 aliphatic carbocycles. The number of furan rings is 1. The molecule has 0 N–H and O–H groups in total. The first-order valence-electron chi connectivity index (χ1n) is 18.4. The first-order valence-corrected chi connectivity index (χ1v) is 18.4. The molecule has 8 aromatic carbocycles. The molecule has 4 nitrogen and oxygen atoms in total. The molecule has 0 saturated heterocycles. The molecule has 0 fully saturated rings. The SMILES string of the molecule is c1ccc(-c2cc(-c3nc(-c4ccccc4)nc(-c4ccccc4)n3)cc(-c3cc(-c4ccccc4)cc4c3oc3ccc(-c5ccccc5)cc34)c2)cc1. The Kier molecular flexibility index (Phi) is 8.12. The minimum atomic E-state index is 0.597. The third-order valence-corrected chi connectivity index (χ3v) is 10.1. The number of rotatable bonds is 7. The fourth-order valence-electron chi connectivity index (χ4n) is 7.35. The molecule has 10 aromatic rings. The van der Waals surface area contributed by atoms with E-state index in [0.717, 1.165) is 77.6 Å². The highest BCUT2D eigenvalue weighted by atomic mass is 16.3. The van der Waals surface area contributed by atoms with Crippen molar-refractivity contribution in [2.75, 3.05) is 0 Å². The Morgan fingerprint density at radius 2 is 0.673 bits per heavy atom. The Morgan fingerprint density at radius 3 is 1.20 bits per heavy atom. The van der Waals surface area contributed by atoms with E-state index in [1.807, 2.05) is 72.8 Å². The van der Waals surface area contributed by atoms with Gasteiger partial charge in [0, 0.05) is 33.0 Å². The number of aromatic nitrogens is 3. The number of nitrogens with zero attached hydrogens (tertiary/aromatic N) is 3. The molecule has 0 bridgehead atoms. The topological polar surface area (TPSA) is 51.8 Å². The van der Waals surface area contributed by atoms with Crippen LogP contribution in [0.25, 0.3) is 101 Å². The molecule has 258 valence electrons. The minimum absolute atomic E-state index is 0.597. The maximum absolute atomic E-state index is 6.82. The lowest BCUT2D eigenvalue weighted by atomic mass is 9.92. The molecule has 2 aromatic heterocycles. The van der Waals surface area contributed by atoms with Crippen molar-refractivity contribution < 1.29 is 4.42 Å². The van der Waals surface area contributed by atoms with Crippen molar-refractivity contribution in [3.8, 4) is 78.7 Å². The highest BCUT2D eigenvalue weighted by Crippen LogP contribution is 2.43. The summed E-state index contributed by atoms with van der Waals surface area (Å²) < 4.78 is 6.82. The molecule has 55 heavy (non-hydrogen) atoms. The maximum Gasteiger partial charge on any atom is 0.164 e. The summed E-state index contributed by atoms with van der Waals surface area (Å²) in [6, 6.07) is 69.4. The predicted molar refractivity (Wildman–Crippen MR) is 225 cm³/mol. The van der Waals surface area contributed by atoms with Gasteiger partial charge in [0.05, 0.1) is 0 Å². The summed E-state index contributed by atoms with van der Waals surface area (Å²) in [4.78, 5) is 15.2. The molecule has 2 heterocycles. The van der Waals surface area contributed by atoms with Gasteiger partial charge < -0.3 is 4.42 Å². The molecule has 0 radical (unpaired) electrons. The Balaban J connectivity index is 1.24. The molecule has 0 unspecified atom stereocenters. The number of benzene rings is 8. The van der Waals surface area contributed by atoms with Crippen molar-refractivity contribution in [2.45, 2.75) is 0 Å². The van der Waals surface area contributed by atoms with Crippen LogP contribution in [0, 0.1) is 0 Å². The van der Waals surface area contributed by atoms with Gasteiger partial charge in [-0.1, -0.05) is 158 Å². The van der Waals surface area contributed by atoms with E-state index in [1.54, 1.807) is 0 Å². The van der Waals surface area contributed by atoms with Crippen LogP contribution < -0.4 is 0 Å². The number of hydrogen-bond acceptors (Lipinski definition) is 4. The van der Waals surface area contributed by atoms with Crippen molar-refractivity contribution >= 4 is 21.9 Å². The van der Waals surface area contributed by atoms with E-state index in [1.165, 1.54) is 5.56 Å². The van der Waals surface area contributed by atoms with Gasteiger partial charge in [0.25, 0.3) is 0 Å². The van der Waals surface area contributed by atoms with Crippen LogP contribution in [-0.2, 0) is 0 Å². The predicted octanol–water partition coefficient (Wildman–Crippen LogP) is 13.4.